The number of nitrogens with one attached hydrogen (secondary N) is 1. The first-order valence-electron chi connectivity index (χ1n) is 4.23. The maximum absolute atomic E-state index is 8.70. The van der Waals surface area contributed by atoms with Gasteiger partial charge in [-0.15, -0.1) is 0 Å². The van der Waals surface area contributed by atoms with Crippen molar-refractivity contribution in [2.24, 2.45) is 0 Å². The monoisotopic (exact) mass is 163 g/mol. The van der Waals surface area contributed by atoms with E-state index in [2.05, 4.69) is 23.0 Å². The molecule has 0 aromatic carbocycles. The van der Waals surface area contributed by atoms with Crippen LogP contribution in [0.5, 0.6) is 0 Å². The lowest BCUT2D eigenvalue weighted by Gasteiger charge is -1.93. The lowest BCUT2D eigenvalue weighted by molar-refractivity contribution is 0.778. The van der Waals surface area contributed by atoms with Gasteiger partial charge in [0.2, 0.25) is 0 Å². The highest BCUT2D eigenvalue weighted by molar-refractivity contribution is 5.27. The van der Waals surface area contributed by atoms with E-state index >= 15 is 0 Å². The van der Waals surface area contributed by atoms with Crippen LogP contribution in [0.25, 0.3) is 0 Å². The molecule has 0 aliphatic rings. The maximum Gasteiger partial charge on any atom is 0.161 e. The van der Waals surface area contributed by atoms with Gasteiger partial charge in [0.1, 0.15) is 11.9 Å². The number of unbranched alkanes of at least 4 members (excludes halogenated alkanes) is 1. The summed E-state index contributed by atoms with van der Waals surface area (Å²) in [7, 11) is 0. The molecule has 0 radical (unpaired) electrons. The zero-order valence-electron chi connectivity index (χ0n) is 7.52. The van der Waals surface area contributed by atoms with Crippen LogP contribution in [-0.2, 0) is 6.42 Å². The first kappa shape index (κ1) is 8.79. The Morgan fingerprint density at radius 1 is 1.58 bits per heavy atom. The van der Waals surface area contributed by atoms with Crippen LogP contribution in [0.1, 0.15) is 37.0 Å². The Morgan fingerprint density at radius 2 is 2.33 bits per heavy atom. The van der Waals surface area contributed by atoms with Crippen molar-refractivity contribution in [3.63, 3.8) is 0 Å². The number of aryl methyl sites for hydroxylation is 2. The van der Waals surface area contributed by atoms with Crippen LogP contribution in [0.15, 0.2) is 0 Å². The molecule has 1 aromatic rings. The average Bonchev–Trinajstić information content (AvgIpc) is 2.42. The molecule has 0 saturated carbocycles. The molecule has 3 heteroatoms. The van der Waals surface area contributed by atoms with E-state index in [0.29, 0.717) is 5.69 Å². The Hall–Kier alpha value is -1.30. The smallest absolute Gasteiger partial charge is 0.161 e. The molecule has 3 nitrogen and oxygen atoms in total. The van der Waals surface area contributed by atoms with Gasteiger partial charge in [0.05, 0.1) is 5.69 Å². The fourth-order valence-electron chi connectivity index (χ4n) is 1.17. The van der Waals surface area contributed by atoms with Crippen molar-refractivity contribution < 1.29 is 0 Å². The molecule has 12 heavy (non-hydrogen) atoms. The van der Waals surface area contributed by atoms with Crippen molar-refractivity contribution in [2.45, 2.75) is 33.1 Å². The fraction of sp³-hybridized carbons (Fsp3) is 0.556. The van der Waals surface area contributed by atoms with Crippen LogP contribution in [0.4, 0.5) is 0 Å². The predicted molar refractivity (Wildman–Crippen MR) is 46.7 cm³/mol. The molecule has 0 fully saturated rings. The number of hydrogen-bond acceptors (Lipinski definition) is 2. The van der Waals surface area contributed by atoms with E-state index in [1.54, 1.807) is 0 Å². The molecule has 1 heterocycles. The molecule has 1 rings (SSSR count). The van der Waals surface area contributed by atoms with Gasteiger partial charge in [-0.3, -0.25) is 0 Å². The van der Waals surface area contributed by atoms with Crippen LogP contribution in [0.2, 0.25) is 0 Å². The molecule has 1 N–H and O–H groups in total. The summed E-state index contributed by atoms with van der Waals surface area (Å²) in [5, 5.41) is 8.70. The highest BCUT2D eigenvalue weighted by Gasteiger charge is 2.05. The molecule has 0 spiro atoms. The van der Waals surface area contributed by atoms with E-state index < -0.39 is 0 Å². The molecule has 0 aliphatic heterocycles. The third-order valence-electron chi connectivity index (χ3n) is 1.78. The van der Waals surface area contributed by atoms with Gasteiger partial charge in [-0.1, -0.05) is 13.3 Å². The minimum Gasteiger partial charge on any atom is -0.345 e. The van der Waals surface area contributed by atoms with Crippen LogP contribution >= 0.6 is 0 Å². The largest absolute Gasteiger partial charge is 0.345 e. The van der Waals surface area contributed by atoms with E-state index in [0.717, 1.165) is 30.8 Å². The zero-order chi connectivity index (χ0) is 8.97. The third-order valence-corrected chi connectivity index (χ3v) is 1.78. The predicted octanol–water partition coefficient (Wildman–Crippen LogP) is 1.93. The fourth-order valence-corrected chi connectivity index (χ4v) is 1.17. The van der Waals surface area contributed by atoms with Gasteiger partial charge in [0.25, 0.3) is 0 Å². The minimum atomic E-state index is 0.556. The number of rotatable bonds is 3. The number of nitriles is 1. The number of aromatic amines is 1. The van der Waals surface area contributed by atoms with Crippen molar-refractivity contribution in [3.8, 4) is 6.07 Å². The SMILES string of the molecule is CCCCc1[nH]c(C)nc1C#N. The highest BCUT2D eigenvalue weighted by Crippen LogP contribution is 2.07. The second-order valence-corrected chi connectivity index (χ2v) is 2.86. The summed E-state index contributed by atoms with van der Waals surface area (Å²) in [6.45, 7) is 4.01. The average molecular weight is 163 g/mol. The summed E-state index contributed by atoms with van der Waals surface area (Å²) >= 11 is 0. The van der Waals surface area contributed by atoms with Gasteiger partial charge in [-0.2, -0.15) is 5.26 Å². The molecule has 0 atom stereocenters. The number of nitrogens with zero attached hydrogens (tertiary/aromatic N) is 2. The highest BCUT2D eigenvalue weighted by atomic mass is 14.9. The van der Waals surface area contributed by atoms with Crippen LogP contribution in [0.3, 0.4) is 0 Å². The van der Waals surface area contributed by atoms with Gasteiger partial charge in [0.15, 0.2) is 5.69 Å². The van der Waals surface area contributed by atoms with Crippen LogP contribution in [0, 0.1) is 18.3 Å². The van der Waals surface area contributed by atoms with Crippen molar-refractivity contribution in [1.82, 2.24) is 9.97 Å². The molecular formula is C9H13N3. The Morgan fingerprint density at radius 3 is 2.92 bits per heavy atom. The molecular weight excluding hydrogens is 150 g/mol. The molecule has 1 aromatic heterocycles. The summed E-state index contributed by atoms with van der Waals surface area (Å²) in [6.07, 6.45) is 3.18. The molecule has 0 bridgehead atoms. The maximum atomic E-state index is 8.70. The van der Waals surface area contributed by atoms with Crippen LogP contribution in [-0.4, -0.2) is 9.97 Å². The number of hydrogen-bond donors (Lipinski definition) is 1. The van der Waals surface area contributed by atoms with E-state index in [-0.39, 0.29) is 0 Å². The second-order valence-electron chi connectivity index (χ2n) is 2.86. The quantitative estimate of drug-likeness (QED) is 0.740. The summed E-state index contributed by atoms with van der Waals surface area (Å²) in [4.78, 5) is 7.16. The lowest BCUT2D eigenvalue weighted by atomic mass is 10.2. The van der Waals surface area contributed by atoms with Crippen molar-refractivity contribution in [1.29, 1.82) is 5.26 Å². The van der Waals surface area contributed by atoms with Gasteiger partial charge in [0, 0.05) is 0 Å². The first-order valence-corrected chi connectivity index (χ1v) is 4.23. The standard InChI is InChI=1S/C9H13N3/c1-3-4-5-8-9(6-10)12-7(2)11-8/h3-5H2,1-2H3,(H,11,12). The number of imidazole rings is 1. The van der Waals surface area contributed by atoms with Gasteiger partial charge in [-0.25, -0.2) is 4.98 Å². The van der Waals surface area contributed by atoms with E-state index in [1.807, 2.05) is 6.92 Å². The van der Waals surface area contributed by atoms with E-state index in [9.17, 15) is 0 Å². The normalized spacial score (nSPS) is 9.75. The van der Waals surface area contributed by atoms with Gasteiger partial charge in [-0.05, 0) is 19.8 Å². The molecule has 0 amide bonds. The topological polar surface area (TPSA) is 52.5 Å². The summed E-state index contributed by atoms with van der Waals surface area (Å²) in [5.41, 5.74) is 1.54. The Labute approximate surface area is 72.4 Å². The zero-order valence-corrected chi connectivity index (χ0v) is 7.52. The summed E-state index contributed by atoms with van der Waals surface area (Å²) in [6, 6.07) is 2.08. The van der Waals surface area contributed by atoms with Crippen molar-refractivity contribution >= 4 is 0 Å². The molecule has 0 aliphatic carbocycles. The summed E-state index contributed by atoms with van der Waals surface area (Å²) in [5.74, 6) is 0.831. The van der Waals surface area contributed by atoms with Gasteiger partial charge < -0.3 is 4.98 Å². The minimum absolute atomic E-state index is 0.556. The second kappa shape index (κ2) is 3.91. The molecule has 64 valence electrons. The van der Waals surface area contributed by atoms with Crippen LogP contribution < -0.4 is 0 Å². The first-order chi connectivity index (χ1) is 5.77. The number of H-pyrrole nitrogens is 1. The lowest BCUT2D eigenvalue weighted by Crippen LogP contribution is -1.88. The Bertz CT molecular complexity index is 293. The van der Waals surface area contributed by atoms with Crippen molar-refractivity contribution in [2.75, 3.05) is 0 Å². The van der Waals surface area contributed by atoms with E-state index in [4.69, 9.17) is 5.26 Å². The number of aromatic nitrogens is 2. The van der Waals surface area contributed by atoms with Gasteiger partial charge >= 0.3 is 0 Å². The molecule has 0 unspecified atom stereocenters. The molecule has 0 saturated heterocycles. The van der Waals surface area contributed by atoms with E-state index in [1.165, 1.54) is 0 Å². The third kappa shape index (κ3) is 1.85. The Balaban J connectivity index is 2.77. The summed E-state index contributed by atoms with van der Waals surface area (Å²) < 4.78 is 0. The Kier molecular flexibility index (Phi) is 2.87. The van der Waals surface area contributed by atoms with Crippen molar-refractivity contribution in [3.05, 3.63) is 17.2 Å².